The van der Waals surface area contributed by atoms with Crippen molar-refractivity contribution in [3.63, 3.8) is 0 Å². The predicted octanol–water partition coefficient (Wildman–Crippen LogP) is 2.92. The summed E-state index contributed by atoms with van der Waals surface area (Å²) < 4.78 is 16.8. The fraction of sp³-hybridized carbons (Fsp3) is 0.304. The maximum atomic E-state index is 13.5. The van der Waals surface area contributed by atoms with E-state index < -0.39 is 6.04 Å². The lowest BCUT2D eigenvalue weighted by atomic mass is 9.97. The number of benzene rings is 2. The van der Waals surface area contributed by atoms with Crippen molar-refractivity contribution in [2.75, 3.05) is 41.4 Å². The molecule has 1 aliphatic heterocycles. The van der Waals surface area contributed by atoms with Gasteiger partial charge in [-0.3, -0.25) is 9.59 Å². The third-order valence-electron chi connectivity index (χ3n) is 5.40. The number of methoxy groups -OCH3 is 2. The molecule has 2 aromatic carbocycles. The predicted molar refractivity (Wildman–Crippen MR) is 113 cm³/mol. The van der Waals surface area contributed by atoms with Crippen LogP contribution in [-0.4, -0.2) is 57.1 Å². The van der Waals surface area contributed by atoms with Crippen molar-refractivity contribution in [3.05, 3.63) is 69.6 Å². The van der Waals surface area contributed by atoms with Gasteiger partial charge in [0.25, 0.3) is 5.91 Å². The molecule has 3 aromatic rings. The molecule has 30 heavy (non-hydrogen) atoms. The molecule has 0 saturated heterocycles. The monoisotopic (exact) mass is 408 g/mol. The second-order valence-electron chi connectivity index (χ2n) is 7.48. The molecule has 1 atom stereocenters. The summed E-state index contributed by atoms with van der Waals surface area (Å²) in [4.78, 5) is 30.5. The Bertz CT molecular complexity index is 1170. The summed E-state index contributed by atoms with van der Waals surface area (Å²) in [6.45, 7) is 1.09. The summed E-state index contributed by atoms with van der Waals surface area (Å²) in [5, 5.41) is 0.414. The van der Waals surface area contributed by atoms with Crippen LogP contribution in [0, 0.1) is 0 Å². The summed E-state index contributed by atoms with van der Waals surface area (Å²) >= 11 is 0. The third-order valence-corrected chi connectivity index (χ3v) is 5.40. The van der Waals surface area contributed by atoms with Gasteiger partial charge in [0, 0.05) is 24.7 Å². The van der Waals surface area contributed by atoms with Gasteiger partial charge in [0.1, 0.15) is 17.1 Å². The Morgan fingerprint density at radius 2 is 1.83 bits per heavy atom. The van der Waals surface area contributed by atoms with E-state index >= 15 is 0 Å². The van der Waals surface area contributed by atoms with Gasteiger partial charge in [-0.15, -0.1) is 0 Å². The van der Waals surface area contributed by atoms with E-state index in [1.807, 2.05) is 43.3 Å². The lowest BCUT2D eigenvalue weighted by Crippen LogP contribution is -2.35. The topological polar surface area (TPSA) is 72.2 Å². The van der Waals surface area contributed by atoms with Crippen molar-refractivity contribution in [1.82, 2.24) is 9.80 Å². The summed E-state index contributed by atoms with van der Waals surface area (Å²) in [6, 6.07) is 11.9. The van der Waals surface area contributed by atoms with E-state index in [9.17, 15) is 9.59 Å². The number of hydrogen-bond acceptors (Lipinski definition) is 6. The molecular formula is C23H24N2O5. The number of carbonyl (C=O) groups is 1. The molecule has 0 N–H and O–H groups in total. The van der Waals surface area contributed by atoms with Crippen LogP contribution in [-0.2, 0) is 0 Å². The zero-order valence-corrected chi connectivity index (χ0v) is 17.5. The van der Waals surface area contributed by atoms with E-state index in [0.717, 1.165) is 5.56 Å². The second-order valence-corrected chi connectivity index (χ2v) is 7.48. The summed E-state index contributed by atoms with van der Waals surface area (Å²) in [5.74, 6) is 0.953. The van der Waals surface area contributed by atoms with Crippen LogP contribution in [0.15, 0.2) is 51.7 Å². The number of carbonyl (C=O) groups excluding carboxylic acids is 1. The molecule has 0 spiro atoms. The van der Waals surface area contributed by atoms with Gasteiger partial charge in [-0.2, -0.15) is 0 Å². The molecule has 156 valence electrons. The van der Waals surface area contributed by atoms with Crippen LogP contribution < -0.4 is 14.9 Å². The lowest BCUT2D eigenvalue weighted by Gasteiger charge is -2.27. The fourth-order valence-corrected chi connectivity index (χ4v) is 3.88. The number of likely N-dealkylation sites (N-methyl/N-ethyl adjacent to an activating group) is 1. The Hall–Kier alpha value is -3.32. The Labute approximate surface area is 174 Å². The van der Waals surface area contributed by atoms with Crippen molar-refractivity contribution in [2.24, 2.45) is 0 Å². The molecule has 7 heteroatoms. The first kappa shape index (κ1) is 20.0. The molecule has 1 aromatic heterocycles. The number of nitrogens with zero attached hydrogens (tertiary/aromatic N) is 2. The summed E-state index contributed by atoms with van der Waals surface area (Å²) in [5.41, 5.74) is 1.22. The first-order chi connectivity index (χ1) is 14.5. The highest BCUT2D eigenvalue weighted by Crippen LogP contribution is 2.41. The molecule has 0 saturated carbocycles. The Morgan fingerprint density at radius 1 is 1.07 bits per heavy atom. The van der Waals surface area contributed by atoms with Gasteiger partial charge in [0.2, 0.25) is 5.76 Å². The maximum Gasteiger partial charge on any atom is 0.290 e. The van der Waals surface area contributed by atoms with Crippen molar-refractivity contribution in [2.45, 2.75) is 6.04 Å². The lowest BCUT2D eigenvalue weighted by molar-refractivity contribution is 0.0715. The molecule has 4 rings (SSSR count). The normalized spacial score (nSPS) is 15.7. The first-order valence-corrected chi connectivity index (χ1v) is 9.69. The summed E-state index contributed by atoms with van der Waals surface area (Å²) in [6.07, 6.45) is 0. The molecule has 1 amide bonds. The molecule has 0 radical (unpaired) electrons. The van der Waals surface area contributed by atoms with Crippen molar-refractivity contribution in [1.29, 1.82) is 0 Å². The standard InChI is InChI=1S/C23H24N2O5/c1-24(2)11-12-25-20(15-7-5-6-8-17(15)29-4)19-21(26)16-10-9-14(28-3)13-18(16)30-22(19)23(25)27/h5-10,13,20H,11-12H2,1-4H3/t20-/m0/s1. The van der Waals surface area contributed by atoms with Crippen LogP contribution >= 0.6 is 0 Å². The van der Waals surface area contributed by atoms with Crippen LogP contribution in [0.5, 0.6) is 11.5 Å². The van der Waals surface area contributed by atoms with Crippen molar-refractivity contribution in [3.8, 4) is 11.5 Å². The third kappa shape index (κ3) is 3.21. The van der Waals surface area contributed by atoms with Gasteiger partial charge in [0.15, 0.2) is 5.43 Å². The van der Waals surface area contributed by atoms with Crippen LogP contribution in [0.4, 0.5) is 0 Å². The molecule has 0 unspecified atom stereocenters. The Balaban J connectivity index is 1.96. The largest absolute Gasteiger partial charge is 0.497 e. The Kier molecular flexibility index (Phi) is 5.22. The summed E-state index contributed by atoms with van der Waals surface area (Å²) in [7, 11) is 7.00. The van der Waals surface area contributed by atoms with Gasteiger partial charge >= 0.3 is 0 Å². The molecule has 0 bridgehead atoms. The van der Waals surface area contributed by atoms with Gasteiger partial charge in [-0.1, -0.05) is 18.2 Å². The van der Waals surface area contributed by atoms with E-state index in [1.165, 1.54) is 0 Å². The van der Waals surface area contributed by atoms with Crippen LogP contribution in [0.3, 0.4) is 0 Å². The Morgan fingerprint density at radius 3 is 2.53 bits per heavy atom. The minimum atomic E-state index is -0.577. The highest BCUT2D eigenvalue weighted by Gasteiger charge is 2.43. The number of fused-ring (bicyclic) bond motifs is 2. The molecule has 7 nitrogen and oxygen atoms in total. The minimum absolute atomic E-state index is 0.0791. The molecule has 2 heterocycles. The maximum absolute atomic E-state index is 13.5. The number of rotatable bonds is 6. The van der Waals surface area contributed by atoms with Crippen LogP contribution in [0.25, 0.3) is 11.0 Å². The minimum Gasteiger partial charge on any atom is -0.497 e. The van der Waals surface area contributed by atoms with E-state index in [0.29, 0.717) is 41.1 Å². The zero-order valence-electron chi connectivity index (χ0n) is 17.5. The van der Waals surface area contributed by atoms with Crippen molar-refractivity contribution < 1.29 is 18.7 Å². The number of amides is 1. The number of hydrogen-bond donors (Lipinski definition) is 0. The van der Waals surface area contributed by atoms with Gasteiger partial charge < -0.3 is 23.7 Å². The number of ether oxygens (including phenoxy) is 2. The van der Waals surface area contributed by atoms with E-state index in [2.05, 4.69) is 0 Å². The highest BCUT2D eigenvalue weighted by atomic mass is 16.5. The van der Waals surface area contributed by atoms with Crippen LogP contribution in [0.2, 0.25) is 0 Å². The van der Waals surface area contributed by atoms with E-state index in [-0.39, 0.29) is 17.1 Å². The number of para-hydroxylation sites is 1. The highest BCUT2D eigenvalue weighted by molar-refractivity contribution is 5.99. The van der Waals surface area contributed by atoms with Gasteiger partial charge in [-0.25, -0.2) is 0 Å². The SMILES string of the molecule is COc1ccc2c(=O)c3c(oc2c1)C(=O)N(CCN(C)C)[C@H]3c1ccccc1OC. The fourth-order valence-electron chi connectivity index (χ4n) is 3.88. The first-order valence-electron chi connectivity index (χ1n) is 9.69. The average molecular weight is 408 g/mol. The molecule has 1 aliphatic rings. The van der Waals surface area contributed by atoms with Crippen LogP contribution in [0.1, 0.15) is 27.7 Å². The van der Waals surface area contributed by atoms with Gasteiger partial charge in [0.05, 0.1) is 31.2 Å². The van der Waals surface area contributed by atoms with E-state index in [1.54, 1.807) is 37.3 Å². The molecule has 0 aliphatic carbocycles. The van der Waals surface area contributed by atoms with E-state index in [4.69, 9.17) is 13.9 Å². The smallest absolute Gasteiger partial charge is 0.290 e. The average Bonchev–Trinajstić information content (AvgIpc) is 3.03. The van der Waals surface area contributed by atoms with Gasteiger partial charge in [-0.05, 0) is 32.3 Å². The molecular weight excluding hydrogens is 384 g/mol. The molecule has 0 fully saturated rings. The van der Waals surface area contributed by atoms with Crippen molar-refractivity contribution >= 4 is 16.9 Å². The quantitative estimate of drug-likeness (QED) is 0.625. The second kappa shape index (κ2) is 7.84. The zero-order chi connectivity index (χ0) is 21.4.